The van der Waals surface area contributed by atoms with E-state index in [1.807, 2.05) is 4.72 Å². The molecule has 0 aliphatic rings. The second-order valence-corrected chi connectivity index (χ2v) is 8.87. The van der Waals surface area contributed by atoms with E-state index in [-0.39, 0.29) is 40.3 Å². The molecular weight excluding hydrogens is 454 g/mol. The van der Waals surface area contributed by atoms with Crippen molar-refractivity contribution in [2.24, 2.45) is 0 Å². The zero-order valence-corrected chi connectivity index (χ0v) is 19.6. The number of sulfonamides is 1. The lowest BCUT2D eigenvalue weighted by Gasteiger charge is -2.24. The summed E-state index contributed by atoms with van der Waals surface area (Å²) in [6, 6.07) is 5.77. The summed E-state index contributed by atoms with van der Waals surface area (Å²) in [7, 11) is 1.24. The molecule has 1 aromatic carbocycles. The van der Waals surface area contributed by atoms with Gasteiger partial charge in [-0.25, -0.2) is 27.2 Å². The molecule has 0 unspecified atom stereocenters. The minimum atomic E-state index is -4.48. The Morgan fingerprint density at radius 1 is 1.09 bits per heavy atom. The third kappa shape index (κ3) is 6.40. The predicted octanol–water partition coefficient (Wildman–Crippen LogP) is 1.68. The van der Waals surface area contributed by atoms with Gasteiger partial charge in [-0.3, -0.25) is 10.1 Å². The third-order valence-electron chi connectivity index (χ3n) is 4.43. The van der Waals surface area contributed by atoms with Crippen LogP contribution in [0.15, 0.2) is 35.2 Å². The van der Waals surface area contributed by atoms with Gasteiger partial charge in [0.1, 0.15) is 11.6 Å². The van der Waals surface area contributed by atoms with E-state index in [1.165, 1.54) is 58.6 Å². The van der Waals surface area contributed by atoms with Crippen LogP contribution in [0.5, 0.6) is 11.6 Å². The molecule has 0 aliphatic carbocycles. The van der Waals surface area contributed by atoms with Gasteiger partial charge >= 0.3 is 12.4 Å². The number of hydrogen-bond donors (Lipinski definition) is 3. The molecule has 0 saturated carbocycles. The standard InChI is InChI=1S/C20H25N5O7S/c1-6-18(27)21-13-7-8-15(25(2,3)12-26)16(9-13)33(29,30)24-20(28)23-17-10-14(31-4)11-19(22-17)32-5/h7-12H,6H2,1-5H3,(H2-,21,22,23,24,27,28)/p+1. The summed E-state index contributed by atoms with van der Waals surface area (Å²) in [6.07, 6.45) is 0.711. The van der Waals surface area contributed by atoms with Crippen LogP contribution in [0.3, 0.4) is 0 Å². The van der Waals surface area contributed by atoms with Crippen molar-refractivity contribution in [2.45, 2.75) is 18.2 Å². The van der Waals surface area contributed by atoms with Gasteiger partial charge in [-0.2, -0.15) is 4.98 Å². The molecule has 0 saturated heterocycles. The van der Waals surface area contributed by atoms with Crippen LogP contribution in [-0.4, -0.2) is 60.1 Å². The normalized spacial score (nSPS) is 11.3. The average molecular weight is 481 g/mol. The maximum absolute atomic E-state index is 13.1. The van der Waals surface area contributed by atoms with Gasteiger partial charge in [0.25, 0.3) is 10.0 Å². The van der Waals surface area contributed by atoms with Crippen LogP contribution >= 0.6 is 0 Å². The van der Waals surface area contributed by atoms with Crippen LogP contribution in [0, 0.1) is 0 Å². The first-order valence-corrected chi connectivity index (χ1v) is 11.1. The summed E-state index contributed by atoms with van der Waals surface area (Å²) in [6.45, 7) is 1.64. The summed E-state index contributed by atoms with van der Waals surface area (Å²) < 4.78 is 37.7. The molecule has 0 aliphatic heterocycles. The number of ether oxygens (including phenoxy) is 2. The van der Waals surface area contributed by atoms with Gasteiger partial charge in [-0.05, 0) is 12.1 Å². The van der Waals surface area contributed by atoms with E-state index in [0.717, 1.165) is 0 Å². The lowest BCUT2D eigenvalue weighted by Crippen LogP contribution is -2.41. The first-order valence-electron chi connectivity index (χ1n) is 9.64. The summed E-state index contributed by atoms with van der Waals surface area (Å²) in [5.74, 6) is 0.108. The second-order valence-electron chi connectivity index (χ2n) is 7.22. The zero-order chi connectivity index (χ0) is 24.8. The highest BCUT2D eigenvalue weighted by atomic mass is 32.2. The van der Waals surface area contributed by atoms with Crippen LogP contribution in [0.1, 0.15) is 13.3 Å². The van der Waals surface area contributed by atoms with Gasteiger partial charge in [0.2, 0.25) is 11.8 Å². The highest BCUT2D eigenvalue weighted by molar-refractivity contribution is 7.90. The third-order valence-corrected chi connectivity index (χ3v) is 5.79. The van der Waals surface area contributed by atoms with Gasteiger partial charge in [-0.15, -0.1) is 0 Å². The minimum absolute atomic E-state index is 0.0212. The van der Waals surface area contributed by atoms with E-state index in [2.05, 4.69) is 15.6 Å². The predicted molar refractivity (Wildman–Crippen MR) is 122 cm³/mol. The Labute approximate surface area is 191 Å². The van der Waals surface area contributed by atoms with Crippen LogP contribution in [0.2, 0.25) is 0 Å². The minimum Gasteiger partial charge on any atom is -0.496 e. The molecule has 0 fully saturated rings. The van der Waals surface area contributed by atoms with Crippen LogP contribution in [-0.2, 0) is 19.6 Å². The molecule has 1 aromatic heterocycles. The zero-order valence-electron chi connectivity index (χ0n) is 18.8. The maximum Gasteiger partial charge on any atom is 0.334 e. The Bertz CT molecular complexity index is 1140. The van der Waals surface area contributed by atoms with E-state index in [4.69, 9.17) is 9.47 Å². The summed E-state index contributed by atoms with van der Waals surface area (Å²) in [4.78, 5) is 39.4. The van der Waals surface area contributed by atoms with Crippen molar-refractivity contribution in [1.82, 2.24) is 14.2 Å². The summed E-state index contributed by atoms with van der Waals surface area (Å²) in [5.41, 5.74) is 0.275. The number of hydrogen-bond acceptors (Lipinski definition) is 8. The summed E-state index contributed by atoms with van der Waals surface area (Å²) in [5, 5.41) is 4.86. The number of nitrogens with zero attached hydrogens (tertiary/aromatic N) is 2. The Balaban J connectivity index is 2.41. The molecule has 0 atom stereocenters. The first kappa shape index (κ1) is 25.5. The van der Waals surface area contributed by atoms with E-state index in [9.17, 15) is 22.8 Å². The molecule has 2 aromatic rings. The van der Waals surface area contributed by atoms with E-state index >= 15 is 0 Å². The Kier molecular flexibility index (Phi) is 7.95. The van der Waals surface area contributed by atoms with E-state index < -0.39 is 20.5 Å². The van der Waals surface area contributed by atoms with Crippen LogP contribution in [0.25, 0.3) is 0 Å². The second kappa shape index (κ2) is 10.3. The average Bonchev–Trinajstić information content (AvgIpc) is 2.77. The SMILES string of the molecule is CCC(=O)Nc1ccc([N+](C)(C)C=O)c(S(=O)(=O)NC(=O)Nc2cc(OC)cc(OC)n2)c1. The molecule has 178 valence electrons. The van der Waals surface area contributed by atoms with Gasteiger partial charge in [-0.1, -0.05) is 6.92 Å². The van der Waals surface area contributed by atoms with Crippen molar-refractivity contribution in [3.8, 4) is 11.6 Å². The van der Waals surface area contributed by atoms with Gasteiger partial charge < -0.3 is 14.8 Å². The van der Waals surface area contributed by atoms with Crippen molar-refractivity contribution in [3.63, 3.8) is 0 Å². The molecule has 2 rings (SSSR count). The molecule has 0 bridgehead atoms. The highest BCUT2D eigenvalue weighted by Crippen LogP contribution is 2.30. The van der Waals surface area contributed by atoms with Crippen molar-refractivity contribution in [3.05, 3.63) is 30.3 Å². The van der Waals surface area contributed by atoms with E-state index in [1.54, 1.807) is 6.92 Å². The number of amides is 4. The number of pyridine rings is 1. The fourth-order valence-electron chi connectivity index (χ4n) is 2.68. The largest absolute Gasteiger partial charge is 0.496 e. The molecule has 0 spiro atoms. The molecule has 4 amide bonds. The fourth-order valence-corrected chi connectivity index (χ4v) is 3.94. The maximum atomic E-state index is 13.1. The van der Waals surface area contributed by atoms with Gasteiger partial charge in [0, 0.05) is 30.3 Å². The number of rotatable bonds is 9. The fraction of sp³-hybridized carbons (Fsp3) is 0.300. The lowest BCUT2D eigenvalue weighted by atomic mass is 10.2. The molecule has 1 heterocycles. The van der Waals surface area contributed by atoms with Gasteiger partial charge in [0.05, 0.1) is 28.3 Å². The molecule has 12 nitrogen and oxygen atoms in total. The number of carbonyl (C=O) groups is 3. The lowest BCUT2D eigenvalue weighted by molar-refractivity contribution is -0.116. The number of carbonyl (C=O) groups excluding carboxylic acids is 3. The van der Waals surface area contributed by atoms with Crippen LogP contribution < -0.4 is 29.3 Å². The highest BCUT2D eigenvalue weighted by Gasteiger charge is 2.31. The number of nitrogens with one attached hydrogen (secondary N) is 3. The quantitative estimate of drug-likeness (QED) is 0.362. The molecule has 33 heavy (non-hydrogen) atoms. The number of benzene rings is 1. The number of quaternary nitrogens is 1. The number of aromatic nitrogens is 1. The Hall–Kier alpha value is -3.71. The number of anilines is 2. The van der Waals surface area contributed by atoms with Gasteiger partial charge in [0.15, 0.2) is 10.6 Å². The van der Waals surface area contributed by atoms with E-state index in [0.29, 0.717) is 12.2 Å². The van der Waals surface area contributed by atoms with Crippen LogP contribution in [0.4, 0.5) is 22.0 Å². The molecular formula is C20H26N5O7S+. The van der Waals surface area contributed by atoms with Crippen molar-refractivity contribution >= 4 is 45.6 Å². The smallest absolute Gasteiger partial charge is 0.334 e. The molecule has 3 N–H and O–H groups in total. The molecule has 0 radical (unpaired) electrons. The van der Waals surface area contributed by atoms with Crippen molar-refractivity contribution in [1.29, 1.82) is 0 Å². The van der Waals surface area contributed by atoms with Crippen molar-refractivity contribution in [2.75, 3.05) is 38.9 Å². The first-order chi connectivity index (χ1) is 15.4. The number of methoxy groups -OCH3 is 2. The topological polar surface area (TPSA) is 153 Å². The van der Waals surface area contributed by atoms with Crippen molar-refractivity contribution < 1.29 is 32.3 Å². The molecule has 13 heteroatoms. The Morgan fingerprint density at radius 2 is 1.79 bits per heavy atom. The Morgan fingerprint density at radius 3 is 2.36 bits per heavy atom. The number of urea groups is 1. The summed E-state index contributed by atoms with van der Waals surface area (Å²) >= 11 is 0. The monoisotopic (exact) mass is 480 g/mol.